The van der Waals surface area contributed by atoms with E-state index in [9.17, 15) is 10.2 Å². The Morgan fingerprint density at radius 1 is 0.767 bits per heavy atom. The van der Waals surface area contributed by atoms with Crippen LogP contribution < -0.4 is 0 Å². The van der Waals surface area contributed by atoms with Crippen molar-refractivity contribution in [2.24, 2.45) is 0 Å². The summed E-state index contributed by atoms with van der Waals surface area (Å²) in [5.41, 5.74) is 4.00. The first-order chi connectivity index (χ1) is 14.5. The van der Waals surface area contributed by atoms with E-state index in [0.717, 1.165) is 24.0 Å². The molecule has 30 heavy (non-hydrogen) atoms. The highest BCUT2D eigenvalue weighted by Crippen LogP contribution is 2.40. The maximum absolute atomic E-state index is 10.3. The van der Waals surface area contributed by atoms with Gasteiger partial charge in [0.2, 0.25) is 0 Å². The molecule has 2 aromatic carbocycles. The van der Waals surface area contributed by atoms with Crippen LogP contribution in [0.15, 0.2) is 61.7 Å². The zero-order valence-electron chi connectivity index (χ0n) is 18.8. The van der Waals surface area contributed by atoms with Crippen LogP contribution in [-0.4, -0.2) is 10.2 Å². The third kappa shape index (κ3) is 6.01. The Bertz CT molecular complexity index is 775. The van der Waals surface area contributed by atoms with Gasteiger partial charge in [0.05, 0.1) is 0 Å². The van der Waals surface area contributed by atoms with E-state index < -0.39 is 0 Å². The molecule has 0 bridgehead atoms. The second-order valence-electron chi connectivity index (χ2n) is 8.52. The van der Waals surface area contributed by atoms with Gasteiger partial charge in [-0.3, -0.25) is 0 Å². The molecule has 0 spiro atoms. The summed E-state index contributed by atoms with van der Waals surface area (Å²) in [6.45, 7) is 12.2. The first-order valence-corrected chi connectivity index (χ1v) is 11.3. The molecule has 0 fully saturated rings. The van der Waals surface area contributed by atoms with E-state index >= 15 is 0 Å². The largest absolute Gasteiger partial charge is 0.508 e. The fraction of sp³-hybridized carbons (Fsp3) is 0.429. The van der Waals surface area contributed by atoms with Crippen molar-refractivity contribution in [3.05, 3.63) is 84.0 Å². The molecule has 0 heterocycles. The van der Waals surface area contributed by atoms with Crippen LogP contribution in [0.25, 0.3) is 0 Å². The molecule has 2 N–H and O–H groups in total. The average molecular weight is 407 g/mol. The van der Waals surface area contributed by atoms with Crippen LogP contribution >= 0.6 is 0 Å². The number of phenols is 2. The van der Waals surface area contributed by atoms with E-state index in [-0.39, 0.29) is 5.41 Å². The average Bonchev–Trinajstić information content (AvgIpc) is 2.74. The molecule has 2 aromatic rings. The van der Waals surface area contributed by atoms with Crippen LogP contribution in [-0.2, 0) is 18.3 Å². The molecule has 0 aliphatic heterocycles. The number of allylic oxidation sites excluding steroid dienone is 2. The molecule has 0 atom stereocenters. The third-order valence-corrected chi connectivity index (χ3v) is 6.19. The Hall–Kier alpha value is -2.48. The Labute approximate surface area is 183 Å². The van der Waals surface area contributed by atoms with Crippen LogP contribution in [0.5, 0.6) is 11.5 Å². The first kappa shape index (κ1) is 23.8. The molecular formula is C28H38O2. The molecule has 0 saturated heterocycles. The van der Waals surface area contributed by atoms with Crippen molar-refractivity contribution in [3.8, 4) is 11.5 Å². The normalized spacial score (nSPS) is 11.4. The molecule has 2 heteroatoms. The molecule has 0 radical (unpaired) electrons. The van der Waals surface area contributed by atoms with Crippen LogP contribution in [0.1, 0.15) is 81.0 Å². The zero-order valence-corrected chi connectivity index (χ0v) is 18.8. The summed E-state index contributed by atoms with van der Waals surface area (Å²) in [5.74, 6) is 0.636. The first-order valence-electron chi connectivity index (χ1n) is 11.3. The third-order valence-electron chi connectivity index (χ3n) is 6.19. The van der Waals surface area contributed by atoms with Gasteiger partial charge in [-0.15, -0.1) is 13.2 Å². The maximum atomic E-state index is 10.3. The van der Waals surface area contributed by atoms with Gasteiger partial charge in [-0.25, -0.2) is 0 Å². The molecule has 0 aliphatic carbocycles. The minimum Gasteiger partial charge on any atom is -0.508 e. The number of phenolic OH excluding ortho intramolecular Hbond substituents is 2. The van der Waals surface area contributed by atoms with E-state index in [1.165, 1.54) is 43.2 Å². The number of unbranched alkanes of at least 4 members (excludes halogenated alkanes) is 5. The molecule has 0 amide bonds. The fourth-order valence-electron chi connectivity index (χ4n) is 4.21. The van der Waals surface area contributed by atoms with Crippen LogP contribution in [0, 0.1) is 0 Å². The lowest BCUT2D eigenvalue weighted by molar-refractivity contribution is 0.456. The Morgan fingerprint density at radius 2 is 1.23 bits per heavy atom. The van der Waals surface area contributed by atoms with Crippen LogP contribution in [0.4, 0.5) is 0 Å². The summed E-state index contributed by atoms with van der Waals surface area (Å²) in [5, 5.41) is 20.5. The van der Waals surface area contributed by atoms with Crippen molar-refractivity contribution in [1.82, 2.24) is 0 Å². The molecule has 0 unspecified atom stereocenters. The highest BCUT2D eigenvalue weighted by molar-refractivity contribution is 5.48. The maximum Gasteiger partial charge on any atom is 0.119 e. The van der Waals surface area contributed by atoms with Crippen molar-refractivity contribution < 1.29 is 10.2 Å². The number of hydrogen-bond donors (Lipinski definition) is 2. The van der Waals surface area contributed by atoms with Crippen molar-refractivity contribution in [1.29, 1.82) is 0 Å². The van der Waals surface area contributed by atoms with Gasteiger partial charge in [0.15, 0.2) is 0 Å². The lowest BCUT2D eigenvalue weighted by atomic mass is 9.71. The molecule has 162 valence electrons. The molecule has 0 aromatic heterocycles. The number of aromatic hydroxyl groups is 2. The molecule has 2 nitrogen and oxygen atoms in total. The van der Waals surface area contributed by atoms with Crippen molar-refractivity contribution in [2.45, 2.75) is 77.0 Å². The van der Waals surface area contributed by atoms with E-state index in [2.05, 4.69) is 39.1 Å². The van der Waals surface area contributed by atoms with E-state index in [1.807, 2.05) is 24.3 Å². The van der Waals surface area contributed by atoms with Gasteiger partial charge in [-0.05, 0) is 53.6 Å². The SMILES string of the molecule is C=CCc1cc(C(C)(CCCCCCCC)c2ccc(O)c(CC=C)c2)ccc1O. The minimum absolute atomic E-state index is 0.196. The number of rotatable bonds is 13. The van der Waals surface area contributed by atoms with Gasteiger partial charge >= 0.3 is 0 Å². The molecule has 2 rings (SSSR count). The molecular weight excluding hydrogens is 368 g/mol. The fourth-order valence-corrected chi connectivity index (χ4v) is 4.21. The van der Waals surface area contributed by atoms with Gasteiger partial charge in [0.1, 0.15) is 11.5 Å². The predicted octanol–water partition coefficient (Wildman–Crippen LogP) is 7.61. The molecule has 0 aliphatic rings. The lowest BCUT2D eigenvalue weighted by Gasteiger charge is -2.32. The van der Waals surface area contributed by atoms with E-state index in [0.29, 0.717) is 24.3 Å². The van der Waals surface area contributed by atoms with Crippen molar-refractivity contribution >= 4 is 0 Å². The second-order valence-corrected chi connectivity index (χ2v) is 8.52. The smallest absolute Gasteiger partial charge is 0.119 e. The molecule has 0 saturated carbocycles. The predicted molar refractivity (Wildman–Crippen MR) is 128 cm³/mol. The van der Waals surface area contributed by atoms with E-state index in [4.69, 9.17) is 0 Å². The second kappa shape index (κ2) is 11.6. The quantitative estimate of drug-likeness (QED) is 0.265. The lowest BCUT2D eigenvalue weighted by Crippen LogP contribution is -2.24. The van der Waals surface area contributed by atoms with Gasteiger partial charge in [0.25, 0.3) is 0 Å². The topological polar surface area (TPSA) is 40.5 Å². The van der Waals surface area contributed by atoms with Gasteiger partial charge < -0.3 is 10.2 Å². The minimum atomic E-state index is -0.196. The van der Waals surface area contributed by atoms with Crippen molar-refractivity contribution in [2.75, 3.05) is 0 Å². The zero-order chi connectivity index (χ0) is 22.0. The highest BCUT2D eigenvalue weighted by atomic mass is 16.3. The van der Waals surface area contributed by atoms with Gasteiger partial charge in [-0.2, -0.15) is 0 Å². The van der Waals surface area contributed by atoms with Crippen LogP contribution in [0.2, 0.25) is 0 Å². The monoisotopic (exact) mass is 406 g/mol. The Kier molecular flexibility index (Phi) is 9.23. The number of hydrogen-bond acceptors (Lipinski definition) is 2. The van der Waals surface area contributed by atoms with E-state index in [1.54, 1.807) is 12.1 Å². The highest BCUT2D eigenvalue weighted by Gasteiger charge is 2.29. The van der Waals surface area contributed by atoms with Gasteiger partial charge in [-0.1, -0.05) is 88.8 Å². The summed E-state index contributed by atoms with van der Waals surface area (Å²) in [4.78, 5) is 0. The Balaban J connectivity index is 2.40. The number of benzene rings is 2. The summed E-state index contributed by atoms with van der Waals surface area (Å²) in [7, 11) is 0. The van der Waals surface area contributed by atoms with Crippen molar-refractivity contribution in [3.63, 3.8) is 0 Å². The standard InChI is InChI=1S/C28H38O2/c1-5-8-9-10-11-12-19-28(4,24-15-17-26(29)22(20-24)13-6-2)25-16-18-27(30)23(21-25)14-7-3/h6-7,15-18,20-21,29-30H,2-3,5,8-14,19H2,1,4H3. The summed E-state index contributed by atoms with van der Waals surface area (Å²) in [6.07, 6.45) is 13.5. The Morgan fingerprint density at radius 3 is 1.70 bits per heavy atom. The summed E-state index contributed by atoms with van der Waals surface area (Å²) in [6, 6.07) is 11.9. The summed E-state index contributed by atoms with van der Waals surface area (Å²) < 4.78 is 0. The summed E-state index contributed by atoms with van der Waals surface area (Å²) >= 11 is 0. The van der Waals surface area contributed by atoms with Crippen LogP contribution in [0.3, 0.4) is 0 Å². The van der Waals surface area contributed by atoms with Gasteiger partial charge in [0, 0.05) is 5.41 Å².